The van der Waals surface area contributed by atoms with Crippen LogP contribution in [-0.4, -0.2) is 134 Å². The van der Waals surface area contributed by atoms with Crippen LogP contribution in [0.2, 0.25) is 0 Å². The normalized spacial score (nSPS) is 49.2. The lowest BCUT2D eigenvalue weighted by atomic mass is 10.0. The van der Waals surface area contributed by atoms with Gasteiger partial charge >= 0.3 is 0 Å². The largest absolute Gasteiger partial charge is 0.394 e. The lowest BCUT2D eigenvalue weighted by Crippen LogP contribution is -2.54. The standard InChI is InChI=1S/C18H32O13/c19-4-10-16(24)8(21)2-14(30-10)28-6-12-18(26)9(22)3-15(31-12)27-5-11-17(25)7(20)1-13(23)29-11/h7-26H,1-6H2/t7-,8-,9-,10-,11-,12-,13+,14+,15+,16+,17+,18+/m1/s1. The lowest BCUT2D eigenvalue weighted by Gasteiger charge is -2.40. The fourth-order valence-corrected chi connectivity index (χ4v) is 3.81. The first-order valence-electron chi connectivity index (χ1n) is 10.3. The van der Waals surface area contributed by atoms with Crippen LogP contribution in [0.25, 0.3) is 0 Å². The maximum Gasteiger partial charge on any atom is 0.160 e. The highest BCUT2D eigenvalue weighted by molar-refractivity contribution is 4.86. The summed E-state index contributed by atoms with van der Waals surface area (Å²) in [4.78, 5) is 0. The molecular weight excluding hydrogens is 424 g/mol. The van der Waals surface area contributed by atoms with E-state index in [0.29, 0.717) is 0 Å². The average Bonchev–Trinajstić information content (AvgIpc) is 2.73. The van der Waals surface area contributed by atoms with Crippen LogP contribution < -0.4 is 0 Å². The molecule has 0 aromatic carbocycles. The molecule has 0 saturated carbocycles. The van der Waals surface area contributed by atoms with Gasteiger partial charge in [-0.05, 0) is 0 Å². The van der Waals surface area contributed by atoms with Crippen molar-refractivity contribution in [1.82, 2.24) is 0 Å². The van der Waals surface area contributed by atoms with Gasteiger partial charge in [-0.15, -0.1) is 0 Å². The summed E-state index contributed by atoms with van der Waals surface area (Å²) >= 11 is 0. The van der Waals surface area contributed by atoms with E-state index >= 15 is 0 Å². The first-order valence-corrected chi connectivity index (χ1v) is 10.3. The second kappa shape index (κ2) is 11.1. The Labute approximate surface area is 178 Å². The van der Waals surface area contributed by atoms with Crippen molar-refractivity contribution in [3.05, 3.63) is 0 Å². The molecule has 182 valence electrons. The van der Waals surface area contributed by atoms with E-state index in [1.807, 2.05) is 0 Å². The van der Waals surface area contributed by atoms with Crippen molar-refractivity contribution in [3.8, 4) is 0 Å². The maximum absolute atomic E-state index is 10.2. The van der Waals surface area contributed by atoms with Gasteiger partial charge < -0.3 is 64.5 Å². The predicted molar refractivity (Wildman–Crippen MR) is 97.1 cm³/mol. The number of ether oxygens (including phenoxy) is 5. The third-order valence-electron chi connectivity index (χ3n) is 5.69. The van der Waals surface area contributed by atoms with Gasteiger partial charge in [-0.25, -0.2) is 0 Å². The molecule has 13 heteroatoms. The highest BCUT2D eigenvalue weighted by Crippen LogP contribution is 2.26. The van der Waals surface area contributed by atoms with E-state index < -0.39 is 80.4 Å². The smallest absolute Gasteiger partial charge is 0.160 e. The Hall–Kier alpha value is -0.520. The molecule has 3 saturated heterocycles. The van der Waals surface area contributed by atoms with Crippen molar-refractivity contribution in [1.29, 1.82) is 0 Å². The minimum absolute atomic E-state index is 0.0650. The van der Waals surface area contributed by atoms with Gasteiger partial charge in [0.15, 0.2) is 18.9 Å². The summed E-state index contributed by atoms with van der Waals surface area (Å²) in [6, 6.07) is 0. The Morgan fingerprint density at radius 2 is 1.00 bits per heavy atom. The minimum Gasteiger partial charge on any atom is -0.394 e. The van der Waals surface area contributed by atoms with Crippen molar-refractivity contribution >= 4 is 0 Å². The van der Waals surface area contributed by atoms with Crippen LogP contribution in [0.1, 0.15) is 19.3 Å². The number of rotatable bonds is 7. The second-order valence-electron chi connectivity index (χ2n) is 8.07. The van der Waals surface area contributed by atoms with Crippen LogP contribution >= 0.6 is 0 Å². The fourth-order valence-electron chi connectivity index (χ4n) is 3.81. The first kappa shape index (κ1) is 25.1. The monoisotopic (exact) mass is 456 g/mol. The Kier molecular flexibility index (Phi) is 8.97. The van der Waals surface area contributed by atoms with Gasteiger partial charge in [0.05, 0.1) is 38.1 Å². The fraction of sp³-hybridized carbons (Fsp3) is 1.00. The molecule has 3 heterocycles. The van der Waals surface area contributed by atoms with E-state index in [1.165, 1.54) is 0 Å². The van der Waals surface area contributed by atoms with Gasteiger partial charge in [0.1, 0.15) is 36.6 Å². The molecular formula is C18H32O13. The summed E-state index contributed by atoms with van der Waals surface area (Å²) in [6.45, 7) is -1.01. The lowest BCUT2D eigenvalue weighted by molar-refractivity contribution is -0.302. The summed E-state index contributed by atoms with van der Waals surface area (Å²) in [5.41, 5.74) is 0. The minimum atomic E-state index is -1.30. The van der Waals surface area contributed by atoms with Crippen LogP contribution in [-0.2, 0) is 23.7 Å². The van der Waals surface area contributed by atoms with Crippen LogP contribution in [0.4, 0.5) is 0 Å². The summed E-state index contributed by atoms with van der Waals surface area (Å²) in [5, 5.41) is 78.3. The molecule has 0 radical (unpaired) electrons. The Morgan fingerprint density at radius 1 is 0.581 bits per heavy atom. The summed E-state index contributed by atoms with van der Waals surface area (Å²) in [5.74, 6) is 0. The molecule has 31 heavy (non-hydrogen) atoms. The highest BCUT2D eigenvalue weighted by Gasteiger charge is 2.42. The summed E-state index contributed by atoms with van der Waals surface area (Å²) in [6.07, 6.45) is -13.9. The van der Waals surface area contributed by atoms with E-state index in [9.17, 15) is 40.9 Å². The molecule has 3 fully saturated rings. The van der Waals surface area contributed by atoms with Crippen LogP contribution in [0.5, 0.6) is 0 Å². The van der Waals surface area contributed by atoms with Crippen molar-refractivity contribution in [2.45, 2.75) is 93.1 Å². The van der Waals surface area contributed by atoms with Gasteiger partial charge in [0.2, 0.25) is 0 Å². The second-order valence-corrected chi connectivity index (χ2v) is 8.07. The Balaban J connectivity index is 1.49. The summed E-state index contributed by atoms with van der Waals surface area (Å²) < 4.78 is 27.1. The molecule has 0 bridgehead atoms. The molecule has 8 N–H and O–H groups in total. The van der Waals surface area contributed by atoms with E-state index in [0.717, 1.165) is 0 Å². The molecule has 13 nitrogen and oxygen atoms in total. The zero-order valence-corrected chi connectivity index (χ0v) is 16.8. The molecule has 12 atom stereocenters. The topological polar surface area (TPSA) is 208 Å². The van der Waals surface area contributed by atoms with Crippen LogP contribution in [0, 0.1) is 0 Å². The molecule has 0 aromatic heterocycles. The number of aliphatic hydroxyl groups is 8. The third-order valence-corrected chi connectivity index (χ3v) is 5.69. The van der Waals surface area contributed by atoms with Gasteiger partial charge in [-0.2, -0.15) is 0 Å². The van der Waals surface area contributed by atoms with Crippen molar-refractivity contribution in [2.24, 2.45) is 0 Å². The van der Waals surface area contributed by atoms with Gasteiger partial charge in [0, 0.05) is 19.3 Å². The Bertz CT molecular complexity index is 553. The van der Waals surface area contributed by atoms with Gasteiger partial charge in [-0.3, -0.25) is 0 Å². The predicted octanol–water partition coefficient (Wildman–Crippen LogP) is -4.49. The number of hydrogen-bond acceptors (Lipinski definition) is 13. The maximum atomic E-state index is 10.2. The zero-order valence-electron chi connectivity index (χ0n) is 16.8. The molecule has 0 aliphatic carbocycles. The van der Waals surface area contributed by atoms with Crippen molar-refractivity contribution < 1.29 is 64.5 Å². The molecule has 3 rings (SSSR count). The van der Waals surface area contributed by atoms with E-state index in [1.54, 1.807) is 0 Å². The molecule has 0 unspecified atom stereocenters. The molecule has 0 amide bonds. The highest BCUT2D eigenvalue weighted by atomic mass is 16.7. The third kappa shape index (κ3) is 6.29. The molecule has 3 aliphatic rings. The average molecular weight is 456 g/mol. The van der Waals surface area contributed by atoms with E-state index in [-0.39, 0.29) is 32.5 Å². The van der Waals surface area contributed by atoms with E-state index in [2.05, 4.69) is 0 Å². The molecule has 0 spiro atoms. The Morgan fingerprint density at radius 3 is 1.52 bits per heavy atom. The van der Waals surface area contributed by atoms with Crippen molar-refractivity contribution in [3.63, 3.8) is 0 Å². The van der Waals surface area contributed by atoms with Crippen LogP contribution in [0.3, 0.4) is 0 Å². The van der Waals surface area contributed by atoms with Gasteiger partial charge in [0.25, 0.3) is 0 Å². The van der Waals surface area contributed by atoms with E-state index in [4.69, 9.17) is 23.7 Å². The number of aliphatic hydroxyl groups excluding tert-OH is 8. The number of hydrogen-bond donors (Lipinski definition) is 8. The molecule has 0 aromatic rings. The van der Waals surface area contributed by atoms with Crippen LogP contribution in [0.15, 0.2) is 0 Å². The quantitative estimate of drug-likeness (QED) is 0.182. The SMILES string of the molecule is OC[C@H]1O[C@H](OC[C@H]2O[C@H](OC[C@H]3O[C@H](O)C[C@@H](O)[C@@H]3O)C[C@@H](O)[C@@H]2O)C[C@@H](O)[C@@H]1O. The molecule has 3 aliphatic heterocycles. The first-order chi connectivity index (χ1) is 14.7. The summed E-state index contributed by atoms with van der Waals surface area (Å²) in [7, 11) is 0. The van der Waals surface area contributed by atoms with Crippen molar-refractivity contribution in [2.75, 3.05) is 19.8 Å². The van der Waals surface area contributed by atoms with Gasteiger partial charge in [-0.1, -0.05) is 0 Å². The zero-order chi connectivity index (χ0) is 22.7.